The highest BCUT2D eigenvalue weighted by molar-refractivity contribution is 5.81. The zero-order valence-electron chi connectivity index (χ0n) is 13.0. The van der Waals surface area contributed by atoms with Gasteiger partial charge in [0.1, 0.15) is 5.75 Å². The Morgan fingerprint density at radius 1 is 1.38 bits per heavy atom. The van der Waals surface area contributed by atoms with Crippen LogP contribution in [0.2, 0.25) is 0 Å². The number of amides is 1. The molecule has 0 spiro atoms. The van der Waals surface area contributed by atoms with Crippen molar-refractivity contribution in [2.45, 2.75) is 58.2 Å². The van der Waals surface area contributed by atoms with E-state index < -0.39 is 6.04 Å². The molecule has 0 bridgehead atoms. The smallest absolute Gasteiger partial charge is 0.237 e. The van der Waals surface area contributed by atoms with E-state index in [0.717, 1.165) is 24.2 Å². The zero-order chi connectivity index (χ0) is 15.2. The molecular formula is C17H26N2O2. The Morgan fingerprint density at radius 3 is 2.71 bits per heavy atom. The molecule has 4 heteroatoms. The van der Waals surface area contributed by atoms with Gasteiger partial charge in [0.2, 0.25) is 5.91 Å². The lowest BCUT2D eigenvalue weighted by atomic mass is 9.96. The number of carbonyl (C=O) groups excluding carboxylic acids is 1. The summed E-state index contributed by atoms with van der Waals surface area (Å²) in [5.41, 5.74) is 6.90. The predicted octanol–water partition coefficient (Wildman–Crippen LogP) is 2.61. The molecule has 1 atom stereocenters. The van der Waals surface area contributed by atoms with E-state index in [-0.39, 0.29) is 5.91 Å². The van der Waals surface area contributed by atoms with Crippen LogP contribution in [0.5, 0.6) is 5.75 Å². The average Bonchev–Trinajstić information content (AvgIpc) is 2.40. The van der Waals surface area contributed by atoms with E-state index in [2.05, 4.69) is 19.2 Å². The maximum atomic E-state index is 12.0. The summed E-state index contributed by atoms with van der Waals surface area (Å²) in [5.74, 6) is 1.20. The van der Waals surface area contributed by atoms with Gasteiger partial charge in [-0.3, -0.25) is 4.79 Å². The standard InChI is InChI=1S/C17H26N2O2/c1-12(2)10-15(18)17(20)19-11-13-6-3-4-9-16(13)21-14-7-5-8-14/h3-4,6,9,12,14-15H,5,7-8,10-11,18H2,1-2H3,(H,19,20)/t15-/m0/s1. The highest BCUT2D eigenvalue weighted by Crippen LogP contribution is 2.27. The minimum absolute atomic E-state index is 0.0952. The van der Waals surface area contributed by atoms with Crippen LogP contribution in [0.1, 0.15) is 45.1 Å². The highest BCUT2D eigenvalue weighted by Gasteiger charge is 2.20. The first kappa shape index (κ1) is 15.8. The second-order valence-electron chi connectivity index (χ2n) is 6.23. The van der Waals surface area contributed by atoms with Crippen LogP contribution in [0.15, 0.2) is 24.3 Å². The SMILES string of the molecule is CC(C)C[C@H](N)C(=O)NCc1ccccc1OC1CCC1. The molecule has 1 aromatic rings. The monoisotopic (exact) mass is 290 g/mol. The molecule has 1 amide bonds. The largest absolute Gasteiger partial charge is 0.490 e. The summed E-state index contributed by atoms with van der Waals surface area (Å²) in [6, 6.07) is 7.44. The summed E-state index contributed by atoms with van der Waals surface area (Å²) >= 11 is 0. The molecule has 0 radical (unpaired) electrons. The van der Waals surface area contributed by atoms with E-state index >= 15 is 0 Å². The molecule has 1 aliphatic carbocycles. The minimum Gasteiger partial charge on any atom is -0.490 e. The molecule has 0 unspecified atom stereocenters. The van der Waals surface area contributed by atoms with Crippen molar-refractivity contribution in [3.63, 3.8) is 0 Å². The molecule has 0 heterocycles. The lowest BCUT2D eigenvalue weighted by Gasteiger charge is -2.27. The average molecular weight is 290 g/mol. The Kier molecular flexibility index (Phi) is 5.62. The molecule has 2 rings (SSSR count). The molecule has 0 saturated heterocycles. The first-order valence-corrected chi connectivity index (χ1v) is 7.84. The molecule has 4 nitrogen and oxygen atoms in total. The number of para-hydroxylation sites is 1. The third-order valence-corrected chi connectivity index (χ3v) is 3.83. The Morgan fingerprint density at radius 2 is 2.10 bits per heavy atom. The summed E-state index contributed by atoms with van der Waals surface area (Å²) in [6.45, 7) is 4.59. The molecular weight excluding hydrogens is 264 g/mol. The first-order chi connectivity index (χ1) is 10.1. The molecule has 116 valence electrons. The number of hydrogen-bond acceptors (Lipinski definition) is 3. The molecule has 1 saturated carbocycles. The maximum Gasteiger partial charge on any atom is 0.237 e. The lowest BCUT2D eigenvalue weighted by Crippen LogP contribution is -2.41. The van der Waals surface area contributed by atoms with Crippen LogP contribution in [-0.4, -0.2) is 18.1 Å². The second-order valence-corrected chi connectivity index (χ2v) is 6.23. The molecule has 1 fully saturated rings. The lowest BCUT2D eigenvalue weighted by molar-refractivity contribution is -0.122. The van der Waals surface area contributed by atoms with Gasteiger partial charge in [-0.1, -0.05) is 32.0 Å². The second kappa shape index (κ2) is 7.46. The topological polar surface area (TPSA) is 64.4 Å². The van der Waals surface area contributed by atoms with Gasteiger partial charge in [-0.25, -0.2) is 0 Å². The number of hydrogen-bond donors (Lipinski definition) is 2. The van der Waals surface area contributed by atoms with E-state index in [9.17, 15) is 4.79 Å². The fourth-order valence-electron chi connectivity index (χ4n) is 2.36. The Hall–Kier alpha value is -1.55. The van der Waals surface area contributed by atoms with E-state index in [4.69, 9.17) is 10.5 Å². The van der Waals surface area contributed by atoms with E-state index in [1.165, 1.54) is 6.42 Å². The highest BCUT2D eigenvalue weighted by atomic mass is 16.5. The van der Waals surface area contributed by atoms with Gasteiger partial charge in [-0.2, -0.15) is 0 Å². The van der Waals surface area contributed by atoms with Crippen molar-refractivity contribution in [3.8, 4) is 5.75 Å². The van der Waals surface area contributed by atoms with E-state index in [0.29, 0.717) is 25.0 Å². The molecule has 1 aliphatic rings. The van der Waals surface area contributed by atoms with E-state index in [1.54, 1.807) is 0 Å². The van der Waals surface area contributed by atoms with Gasteiger partial charge >= 0.3 is 0 Å². The van der Waals surface area contributed by atoms with Crippen molar-refractivity contribution in [1.82, 2.24) is 5.32 Å². The van der Waals surface area contributed by atoms with E-state index in [1.807, 2.05) is 24.3 Å². The van der Waals surface area contributed by atoms with Crippen LogP contribution >= 0.6 is 0 Å². The van der Waals surface area contributed by atoms with Crippen LogP contribution in [0.4, 0.5) is 0 Å². The zero-order valence-corrected chi connectivity index (χ0v) is 13.0. The number of nitrogens with two attached hydrogens (primary N) is 1. The van der Waals surface area contributed by atoms with Crippen LogP contribution in [0.3, 0.4) is 0 Å². The normalized spacial score (nSPS) is 16.4. The number of benzene rings is 1. The first-order valence-electron chi connectivity index (χ1n) is 7.84. The summed E-state index contributed by atoms with van der Waals surface area (Å²) in [4.78, 5) is 12.0. The van der Waals surface area contributed by atoms with Crippen molar-refractivity contribution in [2.75, 3.05) is 0 Å². The van der Waals surface area contributed by atoms with Crippen LogP contribution in [0.25, 0.3) is 0 Å². The molecule has 0 aliphatic heterocycles. The van der Waals surface area contributed by atoms with Gasteiger partial charge in [0.05, 0.1) is 12.1 Å². The fraction of sp³-hybridized carbons (Fsp3) is 0.588. The quantitative estimate of drug-likeness (QED) is 0.811. The number of nitrogens with one attached hydrogen (secondary N) is 1. The summed E-state index contributed by atoms with van der Waals surface area (Å²) in [5, 5.41) is 2.91. The third kappa shape index (κ3) is 4.74. The van der Waals surface area contributed by atoms with Gasteiger partial charge in [0.25, 0.3) is 0 Å². The molecule has 21 heavy (non-hydrogen) atoms. The number of carbonyl (C=O) groups is 1. The van der Waals surface area contributed by atoms with Crippen LogP contribution < -0.4 is 15.8 Å². The number of ether oxygens (including phenoxy) is 1. The minimum atomic E-state index is -0.440. The van der Waals surface area contributed by atoms with Crippen molar-refractivity contribution in [3.05, 3.63) is 29.8 Å². The van der Waals surface area contributed by atoms with Gasteiger partial charge < -0.3 is 15.8 Å². The Bertz CT molecular complexity index is 470. The van der Waals surface area contributed by atoms with Crippen molar-refractivity contribution in [1.29, 1.82) is 0 Å². The maximum absolute atomic E-state index is 12.0. The molecule has 3 N–H and O–H groups in total. The van der Waals surface area contributed by atoms with Crippen LogP contribution in [-0.2, 0) is 11.3 Å². The predicted molar refractivity (Wildman–Crippen MR) is 84.0 cm³/mol. The molecule has 0 aromatic heterocycles. The number of rotatable bonds is 7. The summed E-state index contributed by atoms with van der Waals surface area (Å²) < 4.78 is 5.96. The van der Waals surface area contributed by atoms with Gasteiger partial charge in [-0.15, -0.1) is 0 Å². The Labute approximate surface area is 127 Å². The molecule has 1 aromatic carbocycles. The van der Waals surface area contributed by atoms with Gasteiger partial charge in [0, 0.05) is 12.1 Å². The Balaban J connectivity index is 1.88. The summed E-state index contributed by atoms with van der Waals surface area (Å²) in [6.07, 6.45) is 4.53. The van der Waals surface area contributed by atoms with Crippen LogP contribution in [0, 0.1) is 5.92 Å². The van der Waals surface area contributed by atoms with Gasteiger partial charge in [0.15, 0.2) is 0 Å². The van der Waals surface area contributed by atoms with Crippen molar-refractivity contribution < 1.29 is 9.53 Å². The van der Waals surface area contributed by atoms with Gasteiger partial charge in [-0.05, 0) is 37.7 Å². The third-order valence-electron chi connectivity index (χ3n) is 3.83. The van der Waals surface area contributed by atoms with Crippen molar-refractivity contribution in [2.24, 2.45) is 11.7 Å². The van der Waals surface area contributed by atoms with Crippen molar-refractivity contribution >= 4 is 5.91 Å². The summed E-state index contributed by atoms with van der Waals surface area (Å²) in [7, 11) is 0. The fourth-order valence-corrected chi connectivity index (χ4v) is 2.36.